The summed E-state index contributed by atoms with van der Waals surface area (Å²) in [7, 11) is 0. The monoisotopic (exact) mass is 385 g/mol. The minimum absolute atomic E-state index is 0.00612. The number of amides is 1. The van der Waals surface area contributed by atoms with Crippen molar-refractivity contribution in [3.63, 3.8) is 0 Å². The molecule has 1 atom stereocenters. The third-order valence-electron chi connectivity index (χ3n) is 3.94. The lowest BCUT2D eigenvalue weighted by Gasteiger charge is -2.16. The summed E-state index contributed by atoms with van der Waals surface area (Å²) in [6.07, 6.45) is 0.569. The summed E-state index contributed by atoms with van der Waals surface area (Å²) in [5, 5.41) is 14.0. The van der Waals surface area contributed by atoms with Crippen molar-refractivity contribution < 1.29 is 14.5 Å². The molecule has 0 radical (unpaired) electrons. The maximum Gasteiger partial charge on any atom is 0.413 e. The van der Waals surface area contributed by atoms with Crippen LogP contribution < -0.4 is 5.32 Å². The first kappa shape index (κ1) is 18.5. The number of non-ortho nitro benzene ring substituents is 1. The summed E-state index contributed by atoms with van der Waals surface area (Å²) < 4.78 is 7.08. The van der Waals surface area contributed by atoms with Crippen molar-refractivity contribution >= 4 is 29.2 Å². The second-order valence-electron chi connectivity index (χ2n) is 5.73. The van der Waals surface area contributed by atoms with E-state index in [4.69, 9.17) is 16.3 Å². The molecule has 0 fully saturated rings. The fourth-order valence-electron chi connectivity index (χ4n) is 2.61. The standard InChI is InChI=1S/C19H16ClN3O4/c1-13(16-5-2-3-6-17(16)20)27-19(24)21-18-7-4-12-22(18)14-8-10-15(11-9-14)23(25)26/h2-13H,1H3,(H,21,24)/t13-/m1/s1. The van der Waals surface area contributed by atoms with Crippen LogP contribution in [0.4, 0.5) is 16.3 Å². The number of carbonyl (C=O) groups is 1. The van der Waals surface area contributed by atoms with Crippen LogP contribution in [0.2, 0.25) is 5.02 Å². The van der Waals surface area contributed by atoms with E-state index in [0.717, 1.165) is 0 Å². The lowest BCUT2D eigenvalue weighted by molar-refractivity contribution is -0.384. The van der Waals surface area contributed by atoms with E-state index in [1.807, 2.05) is 6.07 Å². The maximum atomic E-state index is 12.3. The summed E-state index contributed by atoms with van der Waals surface area (Å²) >= 11 is 6.12. The number of hydrogen-bond acceptors (Lipinski definition) is 4. The van der Waals surface area contributed by atoms with Crippen LogP contribution in [0, 0.1) is 10.1 Å². The Morgan fingerprint density at radius 3 is 2.52 bits per heavy atom. The van der Waals surface area contributed by atoms with Gasteiger partial charge in [0.15, 0.2) is 0 Å². The van der Waals surface area contributed by atoms with Crippen molar-refractivity contribution in [3.8, 4) is 5.69 Å². The van der Waals surface area contributed by atoms with E-state index in [-0.39, 0.29) is 5.69 Å². The van der Waals surface area contributed by atoms with Gasteiger partial charge in [-0.2, -0.15) is 0 Å². The zero-order valence-electron chi connectivity index (χ0n) is 14.3. The number of nitrogens with zero attached hydrogens (tertiary/aromatic N) is 2. The van der Waals surface area contributed by atoms with Gasteiger partial charge in [0.1, 0.15) is 11.9 Å². The van der Waals surface area contributed by atoms with Crippen molar-refractivity contribution in [2.75, 3.05) is 5.32 Å². The third kappa shape index (κ3) is 4.27. The van der Waals surface area contributed by atoms with Crippen molar-refractivity contribution in [2.24, 2.45) is 0 Å². The summed E-state index contributed by atoms with van der Waals surface area (Å²) in [4.78, 5) is 22.6. The van der Waals surface area contributed by atoms with Crippen LogP contribution in [0.15, 0.2) is 66.9 Å². The van der Waals surface area contributed by atoms with Crippen LogP contribution in [-0.2, 0) is 4.74 Å². The normalized spacial score (nSPS) is 11.6. The Labute approximate surface area is 160 Å². The molecule has 0 saturated heterocycles. The Morgan fingerprint density at radius 1 is 1.15 bits per heavy atom. The van der Waals surface area contributed by atoms with E-state index in [0.29, 0.717) is 22.1 Å². The molecule has 0 aliphatic carbocycles. The highest BCUT2D eigenvalue weighted by molar-refractivity contribution is 6.31. The van der Waals surface area contributed by atoms with Gasteiger partial charge in [0, 0.05) is 34.6 Å². The smallest absolute Gasteiger partial charge is 0.413 e. The van der Waals surface area contributed by atoms with Gasteiger partial charge in [0.05, 0.1) is 4.92 Å². The number of hydrogen-bond donors (Lipinski definition) is 1. The first-order valence-electron chi connectivity index (χ1n) is 8.10. The van der Waals surface area contributed by atoms with Gasteiger partial charge in [-0.15, -0.1) is 0 Å². The quantitative estimate of drug-likeness (QED) is 0.473. The number of aromatic nitrogens is 1. The number of rotatable bonds is 5. The molecule has 1 amide bonds. The predicted octanol–water partition coefficient (Wildman–Crippen LogP) is 5.35. The average Bonchev–Trinajstić information content (AvgIpc) is 3.10. The molecule has 0 aliphatic heterocycles. The molecule has 27 heavy (non-hydrogen) atoms. The van der Waals surface area contributed by atoms with Crippen LogP contribution in [0.1, 0.15) is 18.6 Å². The Kier molecular flexibility index (Phi) is 5.42. The largest absolute Gasteiger partial charge is 0.441 e. The Hall–Kier alpha value is -3.32. The molecule has 0 unspecified atom stereocenters. The molecule has 138 valence electrons. The van der Waals surface area contributed by atoms with Crippen LogP contribution >= 0.6 is 11.6 Å². The number of nitrogens with one attached hydrogen (secondary N) is 1. The number of nitro benzene ring substituents is 1. The minimum Gasteiger partial charge on any atom is -0.441 e. The maximum absolute atomic E-state index is 12.3. The molecule has 0 aliphatic rings. The van der Waals surface area contributed by atoms with Gasteiger partial charge in [0.25, 0.3) is 5.69 Å². The molecule has 3 rings (SSSR count). The zero-order valence-corrected chi connectivity index (χ0v) is 15.1. The van der Waals surface area contributed by atoms with E-state index >= 15 is 0 Å². The molecule has 0 bridgehead atoms. The van der Waals surface area contributed by atoms with Gasteiger partial charge >= 0.3 is 6.09 Å². The van der Waals surface area contributed by atoms with Crippen molar-refractivity contribution in [1.29, 1.82) is 0 Å². The van der Waals surface area contributed by atoms with E-state index in [9.17, 15) is 14.9 Å². The summed E-state index contributed by atoms with van der Waals surface area (Å²) in [6, 6.07) is 16.6. The van der Waals surface area contributed by atoms with Gasteiger partial charge in [-0.25, -0.2) is 4.79 Å². The molecule has 1 aromatic heterocycles. The molecule has 7 nitrogen and oxygen atoms in total. The molecule has 0 spiro atoms. The van der Waals surface area contributed by atoms with Crippen molar-refractivity contribution in [1.82, 2.24) is 4.57 Å². The molecule has 3 aromatic rings. The number of anilines is 1. The van der Waals surface area contributed by atoms with Gasteiger partial charge in [-0.3, -0.25) is 15.4 Å². The van der Waals surface area contributed by atoms with Crippen molar-refractivity contribution in [2.45, 2.75) is 13.0 Å². The lowest BCUT2D eigenvalue weighted by Crippen LogP contribution is -2.18. The second kappa shape index (κ2) is 7.92. The van der Waals surface area contributed by atoms with Crippen molar-refractivity contribution in [3.05, 3.63) is 87.6 Å². The van der Waals surface area contributed by atoms with E-state index < -0.39 is 17.1 Å². The molecule has 0 saturated carbocycles. The van der Waals surface area contributed by atoms with E-state index in [1.165, 1.54) is 12.1 Å². The number of carbonyl (C=O) groups excluding carboxylic acids is 1. The highest BCUT2D eigenvalue weighted by Crippen LogP contribution is 2.26. The van der Waals surface area contributed by atoms with Gasteiger partial charge in [0.2, 0.25) is 0 Å². The second-order valence-corrected chi connectivity index (χ2v) is 6.14. The fourth-order valence-corrected chi connectivity index (χ4v) is 2.90. The molecule has 1 heterocycles. The summed E-state index contributed by atoms with van der Waals surface area (Å²) in [6.45, 7) is 1.73. The summed E-state index contributed by atoms with van der Waals surface area (Å²) in [5.41, 5.74) is 1.37. The van der Waals surface area contributed by atoms with Gasteiger partial charge < -0.3 is 9.30 Å². The van der Waals surface area contributed by atoms with E-state index in [1.54, 1.807) is 60.2 Å². The first-order valence-corrected chi connectivity index (χ1v) is 8.48. The number of nitro groups is 1. The number of benzene rings is 2. The fraction of sp³-hybridized carbons (Fsp3) is 0.105. The minimum atomic E-state index is -0.635. The topological polar surface area (TPSA) is 86.4 Å². The Balaban J connectivity index is 1.71. The Morgan fingerprint density at radius 2 is 1.85 bits per heavy atom. The first-order chi connectivity index (χ1) is 13.0. The van der Waals surface area contributed by atoms with E-state index in [2.05, 4.69) is 5.32 Å². The molecule has 1 N–H and O–H groups in total. The van der Waals surface area contributed by atoms with Crippen LogP contribution in [0.5, 0.6) is 0 Å². The van der Waals surface area contributed by atoms with Crippen LogP contribution in [-0.4, -0.2) is 15.6 Å². The lowest BCUT2D eigenvalue weighted by atomic mass is 10.1. The number of ether oxygens (including phenoxy) is 1. The van der Waals surface area contributed by atoms with Crippen LogP contribution in [0.3, 0.4) is 0 Å². The van der Waals surface area contributed by atoms with Gasteiger partial charge in [-0.05, 0) is 37.3 Å². The van der Waals surface area contributed by atoms with Crippen LogP contribution in [0.25, 0.3) is 5.69 Å². The highest BCUT2D eigenvalue weighted by atomic mass is 35.5. The zero-order chi connectivity index (χ0) is 19.4. The third-order valence-corrected chi connectivity index (χ3v) is 4.29. The average molecular weight is 386 g/mol. The molecular formula is C19H16ClN3O4. The SMILES string of the molecule is C[C@@H](OC(=O)Nc1cccn1-c1ccc([N+](=O)[O-])cc1)c1ccccc1Cl. The Bertz CT molecular complexity index is 969. The predicted molar refractivity (Wildman–Crippen MR) is 102 cm³/mol. The summed E-state index contributed by atoms with van der Waals surface area (Å²) in [5.74, 6) is 0.472. The number of halogens is 1. The molecule has 2 aromatic carbocycles. The highest BCUT2D eigenvalue weighted by Gasteiger charge is 2.16. The molecule has 8 heteroatoms. The molecular weight excluding hydrogens is 370 g/mol. The van der Waals surface area contributed by atoms with Gasteiger partial charge in [-0.1, -0.05) is 29.8 Å².